The Kier molecular flexibility index (Phi) is 3.21. The molecule has 0 aliphatic heterocycles. The molecule has 1 amide bonds. The molecule has 5 N–H and O–H groups in total. The lowest BCUT2D eigenvalue weighted by molar-refractivity contribution is 0.0997. The van der Waals surface area contributed by atoms with Crippen molar-refractivity contribution < 1.29 is 9.90 Å². The number of aryl methyl sites for hydroxylation is 2. The minimum atomic E-state index is -0.704. The van der Waals surface area contributed by atoms with Gasteiger partial charge in [0.05, 0.1) is 11.9 Å². The Labute approximate surface area is 132 Å². The number of carbonyl (C=O) groups excluding carboxylic acids is 1. The van der Waals surface area contributed by atoms with Crippen LogP contribution in [0.2, 0.25) is 0 Å². The molecule has 3 aromatic rings. The molecule has 0 aliphatic rings. The van der Waals surface area contributed by atoms with Gasteiger partial charge in [-0.05, 0) is 36.6 Å². The Hall–Kier alpha value is -3.09. The molecule has 0 aliphatic carbocycles. The maximum atomic E-state index is 11.7. The summed E-state index contributed by atoms with van der Waals surface area (Å²) in [6.07, 6.45) is 1.69. The number of phenols is 1. The summed E-state index contributed by atoms with van der Waals surface area (Å²) in [5.41, 5.74) is 15.7. The third kappa shape index (κ3) is 2.17. The van der Waals surface area contributed by atoms with Crippen molar-refractivity contribution in [1.82, 2.24) is 14.8 Å². The van der Waals surface area contributed by atoms with Crippen LogP contribution in [-0.4, -0.2) is 25.8 Å². The number of anilines is 1. The topological polar surface area (TPSA) is 120 Å². The van der Waals surface area contributed by atoms with E-state index in [0.29, 0.717) is 22.2 Å². The highest BCUT2D eigenvalue weighted by atomic mass is 16.3. The first-order valence-electron chi connectivity index (χ1n) is 7.03. The number of fused-ring (bicyclic) bond motifs is 1. The van der Waals surface area contributed by atoms with Gasteiger partial charge in [0.25, 0.3) is 5.91 Å². The van der Waals surface area contributed by atoms with Crippen LogP contribution in [0.3, 0.4) is 0 Å². The quantitative estimate of drug-likeness (QED) is 0.664. The van der Waals surface area contributed by atoms with E-state index in [1.807, 2.05) is 6.92 Å². The van der Waals surface area contributed by atoms with Gasteiger partial charge in [-0.15, -0.1) is 0 Å². The second-order valence-electron chi connectivity index (χ2n) is 5.55. The maximum absolute atomic E-state index is 11.7. The number of hydrogen-bond acceptors (Lipinski definition) is 5. The molecule has 2 aromatic heterocycles. The summed E-state index contributed by atoms with van der Waals surface area (Å²) in [6.45, 7) is 3.69. The van der Waals surface area contributed by atoms with Crippen molar-refractivity contribution >= 4 is 22.6 Å². The Balaban J connectivity index is 2.53. The molecule has 0 saturated heterocycles. The lowest BCUT2D eigenvalue weighted by Gasteiger charge is -2.15. The zero-order valence-electron chi connectivity index (χ0n) is 13.1. The minimum Gasteiger partial charge on any atom is -0.508 e. The molecule has 0 fully saturated rings. The molecule has 118 valence electrons. The van der Waals surface area contributed by atoms with Crippen LogP contribution in [0.1, 0.15) is 21.6 Å². The predicted molar refractivity (Wildman–Crippen MR) is 88.0 cm³/mol. The zero-order chi connectivity index (χ0) is 16.9. The number of phenolic OH excluding ortho intramolecular Hbond substituents is 1. The minimum absolute atomic E-state index is 0.00245. The van der Waals surface area contributed by atoms with Crippen molar-refractivity contribution in [2.24, 2.45) is 12.8 Å². The number of primary amides is 1. The van der Waals surface area contributed by atoms with Gasteiger partial charge in [-0.3, -0.25) is 9.48 Å². The first kappa shape index (κ1) is 14.8. The van der Waals surface area contributed by atoms with Gasteiger partial charge >= 0.3 is 0 Å². The molecular formula is C16H17N5O2. The van der Waals surface area contributed by atoms with Gasteiger partial charge in [-0.2, -0.15) is 5.10 Å². The monoisotopic (exact) mass is 311 g/mol. The second kappa shape index (κ2) is 4.98. The number of rotatable bonds is 2. The summed E-state index contributed by atoms with van der Waals surface area (Å²) in [5.74, 6) is -0.559. The van der Waals surface area contributed by atoms with Crippen LogP contribution in [0.25, 0.3) is 22.2 Å². The van der Waals surface area contributed by atoms with Crippen LogP contribution in [-0.2, 0) is 7.05 Å². The SMILES string of the molecule is Cc1ccc(O)c(C)c1-c1c(N)c(C(N)=O)nc2cn(C)nc12. The lowest BCUT2D eigenvalue weighted by Crippen LogP contribution is -2.16. The number of aromatic hydroxyl groups is 1. The molecule has 0 spiro atoms. The van der Waals surface area contributed by atoms with Crippen molar-refractivity contribution in [2.45, 2.75) is 13.8 Å². The van der Waals surface area contributed by atoms with Crippen LogP contribution in [0.15, 0.2) is 18.3 Å². The Bertz CT molecular complexity index is 959. The van der Waals surface area contributed by atoms with Gasteiger partial charge in [0, 0.05) is 12.6 Å². The van der Waals surface area contributed by atoms with E-state index >= 15 is 0 Å². The fraction of sp³-hybridized carbons (Fsp3) is 0.188. The molecular weight excluding hydrogens is 294 g/mol. The van der Waals surface area contributed by atoms with Crippen LogP contribution in [0, 0.1) is 13.8 Å². The average Bonchev–Trinajstić information content (AvgIpc) is 2.85. The van der Waals surface area contributed by atoms with E-state index in [0.717, 1.165) is 11.1 Å². The smallest absolute Gasteiger partial charge is 0.269 e. The standard InChI is InChI=1S/C16H17N5O2/c1-7-4-5-10(22)8(2)11(7)12-13(17)15(16(18)23)19-9-6-21(3)20-14(9)12/h4-6,22H,17H2,1-3H3,(H2,18,23). The van der Waals surface area contributed by atoms with Crippen LogP contribution < -0.4 is 11.5 Å². The van der Waals surface area contributed by atoms with Crippen molar-refractivity contribution in [3.8, 4) is 16.9 Å². The fourth-order valence-electron chi connectivity index (χ4n) is 2.82. The Morgan fingerprint density at radius 1 is 1.26 bits per heavy atom. The molecule has 0 atom stereocenters. The van der Waals surface area contributed by atoms with E-state index in [4.69, 9.17) is 11.5 Å². The van der Waals surface area contributed by atoms with Gasteiger partial charge in [-0.1, -0.05) is 6.07 Å². The van der Waals surface area contributed by atoms with E-state index < -0.39 is 5.91 Å². The van der Waals surface area contributed by atoms with Gasteiger partial charge in [0.2, 0.25) is 0 Å². The molecule has 7 heteroatoms. The largest absolute Gasteiger partial charge is 0.508 e. The summed E-state index contributed by atoms with van der Waals surface area (Å²) in [6, 6.07) is 3.41. The molecule has 2 heterocycles. The molecule has 3 rings (SSSR count). The van der Waals surface area contributed by atoms with Gasteiger partial charge < -0.3 is 16.6 Å². The van der Waals surface area contributed by atoms with Gasteiger partial charge in [0.15, 0.2) is 5.69 Å². The molecule has 1 aromatic carbocycles. The molecule has 0 unspecified atom stereocenters. The van der Waals surface area contributed by atoms with Crippen molar-refractivity contribution in [1.29, 1.82) is 0 Å². The van der Waals surface area contributed by atoms with E-state index in [2.05, 4.69) is 10.1 Å². The summed E-state index contributed by atoms with van der Waals surface area (Å²) in [7, 11) is 1.76. The summed E-state index contributed by atoms with van der Waals surface area (Å²) >= 11 is 0. The fourth-order valence-corrected chi connectivity index (χ4v) is 2.82. The number of hydrogen-bond donors (Lipinski definition) is 3. The van der Waals surface area contributed by atoms with Crippen molar-refractivity contribution in [3.05, 3.63) is 35.2 Å². The Morgan fingerprint density at radius 2 is 1.96 bits per heavy atom. The van der Waals surface area contributed by atoms with Gasteiger partial charge in [0.1, 0.15) is 16.8 Å². The first-order valence-corrected chi connectivity index (χ1v) is 7.03. The number of benzene rings is 1. The number of pyridine rings is 1. The van der Waals surface area contributed by atoms with Crippen LogP contribution >= 0.6 is 0 Å². The highest BCUT2D eigenvalue weighted by molar-refractivity contribution is 6.08. The van der Waals surface area contributed by atoms with Crippen molar-refractivity contribution in [3.63, 3.8) is 0 Å². The number of carbonyl (C=O) groups is 1. The molecule has 23 heavy (non-hydrogen) atoms. The van der Waals surface area contributed by atoms with E-state index in [1.54, 1.807) is 37.0 Å². The molecule has 7 nitrogen and oxygen atoms in total. The van der Waals surface area contributed by atoms with E-state index in [9.17, 15) is 9.90 Å². The molecule has 0 radical (unpaired) electrons. The predicted octanol–water partition coefficient (Wildman–Crippen LogP) is 1.64. The van der Waals surface area contributed by atoms with E-state index in [1.165, 1.54) is 0 Å². The highest BCUT2D eigenvalue weighted by Crippen LogP contribution is 2.40. The highest BCUT2D eigenvalue weighted by Gasteiger charge is 2.22. The number of nitrogen functional groups attached to an aromatic ring is 1. The third-order valence-electron chi connectivity index (χ3n) is 3.93. The Morgan fingerprint density at radius 3 is 2.61 bits per heavy atom. The number of nitrogens with two attached hydrogens (primary N) is 2. The third-order valence-corrected chi connectivity index (χ3v) is 3.93. The summed E-state index contributed by atoms with van der Waals surface area (Å²) in [5, 5.41) is 14.5. The maximum Gasteiger partial charge on any atom is 0.269 e. The normalized spacial score (nSPS) is 11.1. The number of aromatic nitrogens is 3. The number of amides is 1. The van der Waals surface area contributed by atoms with Crippen LogP contribution in [0.4, 0.5) is 5.69 Å². The lowest BCUT2D eigenvalue weighted by atomic mass is 9.92. The van der Waals surface area contributed by atoms with Gasteiger partial charge in [-0.25, -0.2) is 4.98 Å². The zero-order valence-corrected chi connectivity index (χ0v) is 13.1. The van der Waals surface area contributed by atoms with Crippen LogP contribution in [0.5, 0.6) is 5.75 Å². The average molecular weight is 311 g/mol. The summed E-state index contributed by atoms with van der Waals surface area (Å²) in [4.78, 5) is 15.9. The van der Waals surface area contributed by atoms with E-state index in [-0.39, 0.29) is 17.1 Å². The molecule has 0 bridgehead atoms. The first-order chi connectivity index (χ1) is 10.8. The summed E-state index contributed by atoms with van der Waals surface area (Å²) < 4.78 is 1.60. The number of nitrogens with zero attached hydrogens (tertiary/aromatic N) is 3. The van der Waals surface area contributed by atoms with Crippen molar-refractivity contribution in [2.75, 3.05) is 5.73 Å². The molecule has 0 saturated carbocycles. The second-order valence-corrected chi connectivity index (χ2v) is 5.55.